The van der Waals surface area contributed by atoms with Gasteiger partial charge in [0.25, 0.3) is 0 Å². The molecule has 0 radical (unpaired) electrons. The summed E-state index contributed by atoms with van der Waals surface area (Å²) in [6, 6.07) is -0.0322. The second kappa shape index (κ2) is 5.32. The summed E-state index contributed by atoms with van der Waals surface area (Å²) in [5.41, 5.74) is -0.112. The molecule has 1 aliphatic rings. The van der Waals surface area contributed by atoms with E-state index in [1.165, 1.54) is 12.4 Å². The Morgan fingerprint density at radius 2 is 1.95 bits per heavy atom. The van der Waals surface area contributed by atoms with Crippen LogP contribution >= 0.6 is 0 Å². The Hall–Kier alpha value is -2.58. The first kappa shape index (κ1) is 14.4. The lowest BCUT2D eigenvalue weighted by Crippen LogP contribution is -2.38. The summed E-state index contributed by atoms with van der Waals surface area (Å²) < 4.78 is 2.14. The van der Waals surface area contributed by atoms with E-state index in [0.29, 0.717) is 18.4 Å². The first-order chi connectivity index (χ1) is 10.5. The van der Waals surface area contributed by atoms with Gasteiger partial charge in [-0.2, -0.15) is 0 Å². The summed E-state index contributed by atoms with van der Waals surface area (Å²) in [6.45, 7) is 7.65. The second-order valence-electron chi connectivity index (χ2n) is 5.59. The molecular formula is C13H17N7O2. The standard InChI is InChI=1S/C13H17N7O2/c1-8(2)11-16-17-12-9(3)18(4-5-19(11)12)13-14-6-10(7-15-13)20(21)22/h6-9H,4-5H2,1-3H3. The highest BCUT2D eigenvalue weighted by atomic mass is 16.6. The minimum Gasteiger partial charge on any atom is -0.329 e. The van der Waals surface area contributed by atoms with Crippen molar-refractivity contribution >= 4 is 11.6 Å². The molecule has 0 saturated heterocycles. The maximum Gasteiger partial charge on any atom is 0.305 e. The molecular weight excluding hydrogens is 286 g/mol. The van der Waals surface area contributed by atoms with Crippen LogP contribution in [-0.2, 0) is 6.54 Å². The molecule has 0 bridgehead atoms. The Labute approximate surface area is 127 Å². The predicted molar refractivity (Wildman–Crippen MR) is 78.6 cm³/mol. The molecule has 22 heavy (non-hydrogen) atoms. The van der Waals surface area contributed by atoms with Crippen LogP contribution in [0, 0.1) is 10.1 Å². The van der Waals surface area contributed by atoms with Crippen molar-refractivity contribution < 1.29 is 4.92 Å². The minimum absolute atomic E-state index is 0.0322. The fourth-order valence-corrected chi connectivity index (χ4v) is 2.66. The SMILES string of the molecule is CC(C)c1nnc2n1CCN(c1ncc([N+](=O)[O-])cn1)C2C. The molecule has 3 rings (SSSR count). The van der Waals surface area contributed by atoms with Crippen LogP contribution in [0.4, 0.5) is 11.6 Å². The van der Waals surface area contributed by atoms with E-state index in [4.69, 9.17) is 0 Å². The summed E-state index contributed by atoms with van der Waals surface area (Å²) >= 11 is 0. The van der Waals surface area contributed by atoms with E-state index in [-0.39, 0.29) is 11.7 Å². The Kier molecular flexibility index (Phi) is 3.47. The monoisotopic (exact) mass is 303 g/mol. The number of hydrogen-bond donors (Lipinski definition) is 0. The van der Waals surface area contributed by atoms with Gasteiger partial charge in [-0.1, -0.05) is 13.8 Å². The van der Waals surface area contributed by atoms with Gasteiger partial charge < -0.3 is 9.47 Å². The quantitative estimate of drug-likeness (QED) is 0.627. The lowest BCUT2D eigenvalue weighted by Gasteiger charge is -2.33. The highest BCUT2D eigenvalue weighted by Crippen LogP contribution is 2.29. The highest BCUT2D eigenvalue weighted by molar-refractivity contribution is 5.37. The Bertz CT molecular complexity index is 695. The van der Waals surface area contributed by atoms with Gasteiger partial charge in [0.2, 0.25) is 5.95 Å². The molecule has 3 heterocycles. The van der Waals surface area contributed by atoms with Crippen molar-refractivity contribution in [2.75, 3.05) is 11.4 Å². The molecule has 9 heteroatoms. The largest absolute Gasteiger partial charge is 0.329 e. The lowest BCUT2D eigenvalue weighted by atomic mass is 10.1. The third kappa shape index (κ3) is 2.28. The molecule has 0 fully saturated rings. The van der Waals surface area contributed by atoms with Crippen LogP contribution in [0.5, 0.6) is 0 Å². The second-order valence-corrected chi connectivity index (χ2v) is 5.59. The van der Waals surface area contributed by atoms with E-state index >= 15 is 0 Å². The van der Waals surface area contributed by atoms with Crippen molar-refractivity contribution in [3.63, 3.8) is 0 Å². The van der Waals surface area contributed by atoms with Gasteiger partial charge in [-0.05, 0) is 6.92 Å². The third-order valence-corrected chi connectivity index (χ3v) is 3.82. The predicted octanol–water partition coefficient (Wildman–Crippen LogP) is 1.68. The van der Waals surface area contributed by atoms with Crippen molar-refractivity contribution in [2.24, 2.45) is 0 Å². The number of aromatic nitrogens is 5. The zero-order valence-corrected chi connectivity index (χ0v) is 12.7. The summed E-state index contributed by atoms with van der Waals surface area (Å²) in [7, 11) is 0. The Morgan fingerprint density at radius 3 is 2.55 bits per heavy atom. The van der Waals surface area contributed by atoms with Crippen molar-refractivity contribution in [2.45, 2.75) is 39.3 Å². The maximum atomic E-state index is 10.7. The van der Waals surface area contributed by atoms with Crippen molar-refractivity contribution in [1.29, 1.82) is 0 Å². The molecule has 0 saturated carbocycles. The Balaban J connectivity index is 1.89. The summed E-state index contributed by atoms with van der Waals surface area (Å²) in [4.78, 5) is 20.4. The lowest BCUT2D eigenvalue weighted by molar-refractivity contribution is -0.385. The molecule has 1 unspecified atom stereocenters. The zero-order chi connectivity index (χ0) is 15.9. The summed E-state index contributed by atoms with van der Waals surface area (Å²) in [6.07, 6.45) is 2.46. The smallest absolute Gasteiger partial charge is 0.305 e. The van der Waals surface area contributed by atoms with Gasteiger partial charge in [0, 0.05) is 19.0 Å². The van der Waals surface area contributed by atoms with Gasteiger partial charge in [0.1, 0.15) is 18.2 Å². The molecule has 0 spiro atoms. The van der Waals surface area contributed by atoms with Crippen LogP contribution in [0.3, 0.4) is 0 Å². The van der Waals surface area contributed by atoms with Crippen LogP contribution in [-0.4, -0.2) is 36.2 Å². The summed E-state index contributed by atoms with van der Waals surface area (Å²) in [5, 5.41) is 19.2. The molecule has 0 aliphatic carbocycles. The number of fused-ring (bicyclic) bond motifs is 1. The summed E-state index contributed by atoms with van der Waals surface area (Å²) in [5.74, 6) is 2.64. The molecule has 2 aromatic rings. The average Bonchev–Trinajstić information content (AvgIpc) is 2.93. The van der Waals surface area contributed by atoms with Gasteiger partial charge in [-0.15, -0.1) is 10.2 Å². The average molecular weight is 303 g/mol. The van der Waals surface area contributed by atoms with Crippen molar-refractivity contribution in [1.82, 2.24) is 24.7 Å². The van der Waals surface area contributed by atoms with Crippen molar-refractivity contribution in [3.05, 3.63) is 34.2 Å². The van der Waals surface area contributed by atoms with Gasteiger partial charge in [-0.25, -0.2) is 9.97 Å². The fourth-order valence-electron chi connectivity index (χ4n) is 2.66. The number of nitro groups is 1. The number of anilines is 1. The van der Waals surface area contributed by atoms with Gasteiger partial charge in [0.15, 0.2) is 5.82 Å². The van der Waals surface area contributed by atoms with Crippen LogP contribution < -0.4 is 4.90 Å². The van der Waals surface area contributed by atoms with E-state index in [0.717, 1.165) is 18.2 Å². The number of rotatable bonds is 3. The zero-order valence-electron chi connectivity index (χ0n) is 12.7. The van der Waals surface area contributed by atoms with Gasteiger partial charge >= 0.3 is 5.69 Å². The molecule has 1 aliphatic heterocycles. The molecule has 9 nitrogen and oxygen atoms in total. The third-order valence-electron chi connectivity index (χ3n) is 3.82. The van der Waals surface area contributed by atoms with E-state index in [1.807, 2.05) is 11.8 Å². The topological polar surface area (TPSA) is 103 Å². The van der Waals surface area contributed by atoms with Crippen LogP contribution in [0.15, 0.2) is 12.4 Å². The minimum atomic E-state index is -0.505. The molecule has 116 valence electrons. The molecule has 1 atom stereocenters. The molecule has 0 aromatic carbocycles. The van der Waals surface area contributed by atoms with Gasteiger partial charge in [-0.3, -0.25) is 10.1 Å². The van der Waals surface area contributed by atoms with Gasteiger partial charge in [0.05, 0.1) is 11.0 Å². The normalized spacial score (nSPS) is 17.6. The molecule has 2 aromatic heterocycles. The van der Waals surface area contributed by atoms with E-state index in [9.17, 15) is 10.1 Å². The molecule has 0 amide bonds. The number of nitrogens with zero attached hydrogens (tertiary/aromatic N) is 7. The highest BCUT2D eigenvalue weighted by Gasteiger charge is 2.30. The Morgan fingerprint density at radius 1 is 1.27 bits per heavy atom. The molecule has 0 N–H and O–H groups in total. The fraction of sp³-hybridized carbons (Fsp3) is 0.538. The first-order valence-corrected chi connectivity index (χ1v) is 7.15. The van der Waals surface area contributed by atoms with E-state index in [2.05, 4.69) is 38.6 Å². The van der Waals surface area contributed by atoms with Crippen molar-refractivity contribution in [3.8, 4) is 0 Å². The van der Waals surface area contributed by atoms with Crippen LogP contribution in [0.25, 0.3) is 0 Å². The van der Waals surface area contributed by atoms with Crippen LogP contribution in [0.2, 0.25) is 0 Å². The maximum absolute atomic E-state index is 10.7. The van der Waals surface area contributed by atoms with Crippen LogP contribution in [0.1, 0.15) is 44.4 Å². The van der Waals surface area contributed by atoms with E-state index < -0.39 is 4.92 Å². The number of hydrogen-bond acceptors (Lipinski definition) is 7. The first-order valence-electron chi connectivity index (χ1n) is 7.15. The van der Waals surface area contributed by atoms with E-state index in [1.54, 1.807) is 0 Å².